The van der Waals surface area contributed by atoms with Crippen molar-refractivity contribution in [1.82, 2.24) is 9.80 Å². The fourth-order valence-corrected chi connectivity index (χ4v) is 4.63. The van der Waals surface area contributed by atoms with Gasteiger partial charge in [-0.25, -0.2) is 0 Å². The van der Waals surface area contributed by atoms with E-state index in [2.05, 4.69) is 23.6 Å². The van der Waals surface area contributed by atoms with Gasteiger partial charge < -0.3 is 14.5 Å². The molecule has 2 atom stereocenters. The predicted octanol–water partition coefficient (Wildman–Crippen LogP) is 2.63. The lowest BCUT2D eigenvalue weighted by Crippen LogP contribution is -2.33. The maximum atomic E-state index is 12.6. The number of hydrogen-bond donors (Lipinski definition) is 0. The summed E-state index contributed by atoms with van der Waals surface area (Å²) < 4.78 is 5.41. The summed E-state index contributed by atoms with van der Waals surface area (Å²) in [6.07, 6.45) is 5.44. The van der Waals surface area contributed by atoms with E-state index in [1.807, 2.05) is 0 Å². The standard InChI is InChI=1S/C19H34N2O2/c1-15(2)12-20-7-3-17-13-21(14-18(17)4-8-20)19(22)11-16-5-9-23-10-6-16/h15-18H,3-14H2,1-2H3/t17-,18+. The Kier molecular flexibility index (Phi) is 5.97. The van der Waals surface area contributed by atoms with Gasteiger partial charge in [0.05, 0.1) is 0 Å². The van der Waals surface area contributed by atoms with Crippen LogP contribution in [0.2, 0.25) is 0 Å². The highest BCUT2D eigenvalue weighted by Crippen LogP contribution is 2.33. The van der Waals surface area contributed by atoms with Gasteiger partial charge in [-0.05, 0) is 62.4 Å². The van der Waals surface area contributed by atoms with Crippen LogP contribution in [0.25, 0.3) is 0 Å². The highest BCUT2D eigenvalue weighted by atomic mass is 16.5. The molecule has 0 aromatic rings. The maximum Gasteiger partial charge on any atom is 0.222 e. The number of rotatable bonds is 4. The van der Waals surface area contributed by atoms with E-state index >= 15 is 0 Å². The Morgan fingerprint density at radius 2 is 1.65 bits per heavy atom. The molecular weight excluding hydrogens is 288 g/mol. The molecule has 3 saturated heterocycles. The van der Waals surface area contributed by atoms with E-state index in [0.717, 1.165) is 63.3 Å². The summed E-state index contributed by atoms with van der Waals surface area (Å²) in [6, 6.07) is 0. The molecule has 0 N–H and O–H groups in total. The molecule has 0 radical (unpaired) electrons. The molecule has 0 bridgehead atoms. The molecule has 0 aromatic carbocycles. The van der Waals surface area contributed by atoms with E-state index < -0.39 is 0 Å². The van der Waals surface area contributed by atoms with Crippen LogP contribution in [0.15, 0.2) is 0 Å². The smallest absolute Gasteiger partial charge is 0.222 e. The lowest BCUT2D eigenvalue weighted by atomic mass is 9.92. The minimum absolute atomic E-state index is 0.406. The van der Waals surface area contributed by atoms with Crippen molar-refractivity contribution < 1.29 is 9.53 Å². The number of ether oxygens (including phenoxy) is 1. The number of nitrogens with zero attached hydrogens (tertiary/aromatic N) is 2. The second kappa shape index (κ2) is 7.98. The molecule has 1 amide bonds. The van der Waals surface area contributed by atoms with E-state index in [1.54, 1.807) is 0 Å². The molecule has 4 heteroatoms. The number of carbonyl (C=O) groups is 1. The highest BCUT2D eigenvalue weighted by molar-refractivity contribution is 5.76. The number of likely N-dealkylation sites (tertiary alicyclic amines) is 2. The summed E-state index contributed by atoms with van der Waals surface area (Å²) >= 11 is 0. The lowest BCUT2D eigenvalue weighted by Gasteiger charge is -2.25. The normalized spacial score (nSPS) is 30.5. The third-order valence-electron chi connectivity index (χ3n) is 5.99. The van der Waals surface area contributed by atoms with Crippen LogP contribution in [0.1, 0.15) is 46.0 Å². The number of amides is 1. The van der Waals surface area contributed by atoms with Crippen molar-refractivity contribution in [2.75, 3.05) is 45.9 Å². The van der Waals surface area contributed by atoms with Gasteiger partial charge in [-0.15, -0.1) is 0 Å². The molecule has 0 saturated carbocycles. The second-order valence-electron chi connectivity index (χ2n) is 8.35. The van der Waals surface area contributed by atoms with Gasteiger partial charge in [0.2, 0.25) is 5.91 Å². The molecule has 3 rings (SSSR count). The molecule has 0 aliphatic carbocycles. The van der Waals surface area contributed by atoms with Crippen molar-refractivity contribution in [2.24, 2.45) is 23.7 Å². The van der Waals surface area contributed by atoms with Crippen molar-refractivity contribution in [3.05, 3.63) is 0 Å². The van der Waals surface area contributed by atoms with Crippen LogP contribution in [0, 0.1) is 23.7 Å². The number of fused-ring (bicyclic) bond motifs is 1. The van der Waals surface area contributed by atoms with Gasteiger partial charge in [-0.3, -0.25) is 4.79 Å². The topological polar surface area (TPSA) is 32.8 Å². The first-order valence-corrected chi connectivity index (χ1v) is 9.69. The first-order chi connectivity index (χ1) is 11.1. The zero-order chi connectivity index (χ0) is 16.2. The van der Waals surface area contributed by atoms with E-state index in [0.29, 0.717) is 11.8 Å². The summed E-state index contributed by atoms with van der Waals surface area (Å²) in [5.74, 6) is 3.20. The molecule has 0 spiro atoms. The van der Waals surface area contributed by atoms with Crippen molar-refractivity contribution in [3.63, 3.8) is 0 Å². The average Bonchev–Trinajstić information content (AvgIpc) is 2.85. The maximum absolute atomic E-state index is 12.6. The van der Waals surface area contributed by atoms with E-state index in [1.165, 1.54) is 32.5 Å². The van der Waals surface area contributed by atoms with Crippen LogP contribution in [-0.4, -0.2) is 61.6 Å². The Labute approximate surface area is 141 Å². The largest absolute Gasteiger partial charge is 0.381 e. The Bertz CT molecular complexity index is 377. The molecule has 4 nitrogen and oxygen atoms in total. The summed E-state index contributed by atoms with van der Waals surface area (Å²) in [5.41, 5.74) is 0. The molecule has 0 aromatic heterocycles. The Morgan fingerprint density at radius 3 is 2.22 bits per heavy atom. The Hall–Kier alpha value is -0.610. The van der Waals surface area contributed by atoms with Crippen LogP contribution in [-0.2, 0) is 9.53 Å². The van der Waals surface area contributed by atoms with Gasteiger partial charge in [0.1, 0.15) is 0 Å². The van der Waals surface area contributed by atoms with Gasteiger partial charge in [0, 0.05) is 39.3 Å². The van der Waals surface area contributed by atoms with E-state index in [-0.39, 0.29) is 0 Å². The number of hydrogen-bond acceptors (Lipinski definition) is 3. The van der Waals surface area contributed by atoms with Gasteiger partial charge in [0.25, 0.3) is 0 Å². The van der Waals surface area contributed by atoms with Crippen LogP contribution >= 0.6 is 0 Å². The highest BCUT2D eigenvalue weighted by Gasteiger charge is 2.37. The summed E-state index contributed by atoms with van der Waals surface area (Å²) in [5, 5.41) is 0. The van der Waals surface area contributed by atoms with Crippen molar-refractivity contribution in [1.29, 1.82) is 0 Å². The quantitative estimate of drug-likeness (QED) is 0.798. The van der Waals surface area contributed by atoms with Crippen molar-refractivity contribution in [3.8, 4) is 0 Å². The fraction of sp³-hybridized carbons (Fsp3) is 0.947. The second-order valence-corrected chi connectivity index (χ2v) is 8.35. The predicted molar refractivity (Wildman–Crippen MR) is 92.2 cm³/mol. The zero-order valence-corrected chi connectivity index (χ0v) is 15.0. The Morgan fingerprint density at radius 1 is 1.04 bits per heavy atom. The molecule has 23 heavy (non-hydrogen) atoms. The van der Waals surface area contributed by atoms with Crippen LogP contribution in [0.4, 0.5) is 0 Å². The summed E-state index contributed by atoms with van der Waals surface area (Å²) in [7, 11) is 0. The first kappa shape index (κ1) is 17.2. The average molecular weight is 322 g/mol. The molecule has 3 aliphatic rings. The molecule has 3 fully saturated rings. The fourth-order valence-electron chi connectivity index (χ4n) is 4.63. The van der Waals surface area contributed by atoms with Gasteiger partial charge in [0.15, 0.2) is 0 Å². The molecule has 3 heterocycles. The zero-order valence-electron chi connectivity index (χ0n) is 15.0. The third-order valence-corrected chi connectivity index (χ3v) is 5.99. The van der Waals surface area contributed by atoms with Gasteiger partial charge in [-0.1, -0.05) is 13.8 Å². The minimum atomic E-state index is 0.406. The first-order valence-electron chi connectivity index (χ1n) is 9.69. The van der Waals surface area contributed by atoms with Gasteiger partial charge >= 0.3 is 0 Å². The monoisotopic (exact) mass is 322 g/mol. The van der Waals surface area contributed by atoms with E-state index in [4.69, 9.17) is 4.74 Å². The van der Waals surface area contributed by atoms with E-state index in [9.17, 15) is 4.79 Å². The van der Waals surface area contributed by atoms with Crippen LogP contribution < -0.4 is 0 Å². The van der Waals surface area contributed by atoms with Crippen molar-refractivity contribution >= 4 is 5.91 Å². The minimum Gasteiger partial charge on any atom is -0.381 e. The van der Waals surface area contributed by atoms with Gasteiger partial charge in [-0.2, -0.15) is 0 Å². The third kappa shape index (κ3) is 4.69. The summed E-state index contributed by atoms with van der Waals surface area (Å²) in [6.45, 7) is 12.0. The summed E-state index contributed by atoms with van der Waals surface area (Å²) in [4.78, 5) is 17.4. The molecular formula is C19H34N2O2. The van der Waals surface area contributed by atoms with Crippen LogP contribution in [0.5, 0.6) is 0 Å². The molecule has 0 unspecified atom stereocenters. The Balaban J connectivity index is 1.46. The number of carbonyl (C=O) groups excluding carboxylic acids is 1. The SMILES string of the molecule is CC(C)CN1CC[C@@H]2CN(C(=O)CC3CCOCC3)C[C@@H]2CC1. The molecule has 132 valence electrons. The van der Waals surface area contributed by atoms with Crippen LogP contribution in [0.3, 0.4) is 0 Å². The molecule has 3 aliphatic heterocycles. The van der Waals surface area contributed by atoms with Crippen molar-refractivity contribution in [2.45, 2.75) is 46.0 Å². The lowest BCUT2D eigenvalue weighted by molar-refractivity contribution is -0.132.